The van der Waals surface area contributed by atoms with Crippen LogP contribution in [0.2, 0.25) is 0 Å². The molecule has 0 saturated heterocycles. The molecule has 0 bridgehead atoms. The third-order valence-electron chi connectivity index (χ3n) is 5.52. The minimum absolute atomic E-state index is 0.371. The van der Waals surface area contributed by atoms with Gasteiger partial charge in [-0.2, -0.15) is 5.10 Å². The van der Waals surface area contributed by atoms with Crippen molar-refractivity contribution in [3.8, 4) is 23.0 Å². The molecule has 0 unspecified atom stereocenters. The van der Waals surface area contributed by atoms with E-state index in [1.807, 2.05) is 43.3 Å². The molecule has 0 fully saturated rings. The first kappa shape index (κ1) is 24.6. The summed E-state index contributed by atoms with van der Waals surface area (Å²) in [6, 6.07) is 24.8. The van der Waals surface area contributed by atoms with Gasteiger partial charge in [0.2, 0.25) is 0 Å². The lowest BCUT2D eigenvalue weighted by atomic mass is 10.1. The number of rotatable bonds is 10. The van der Waals surface area contributed by atoms with Crippen LogP contribution in [0.1, 0.15) is 28.4 Å². The van der Waals surface area contributed by atoms with Crippen molar-refractivity contribution in [1.82, 2.24) is 5.43 Å². The second-order valence-electron chi connectivity index (χ2n) is 7.87. The Morgan fingerprint density at radius 3 is 2.36 bits per heavy atom. The summed E-state index contributed by atoms with van der Waals surface area (Å²) in [4.78, 5) is 12.5. The van der Waals surface area contributed by atoms with Crippen molar-refractivity contribution in [2.24, 2.45) is 5.10 Å². The fourth-order valence-corrected chi connectivity index (χ4v) is 3.73. The SMILES string of the molecule is CCOc1cc(C=NNC(=O)c2cc(OC)cc(OC)c2)ccc1OCc1cccc2ccccc12. The number of hydrogen-bond donors (Lipinski definition) is 1. The Labute approximate surface area is 210 Å². The lowest BCUT2D eigenvalue weighted by Gasteiger charge is -2.13. The first-order valence-electron chi connectivity index (χ1n) is 11.5. The maximum atomic E-state index is 12.5. The highest BCUT2D eigenvalue weighted by Crippen LogP contribution is 2.30. The highest BCUT2D eigenvalue weighted by atomic mass is 16.5. The van der Waals surface area contributed by atoms with Gasteiger partial charge in [-0.15, -0.1) is 0 Å². The molecule has 0 aromatic heterocycles. The van der Waals surface area contributed by atoms with Crippen molar-refractivity contribution in [1.29, 1.82) is 0 Å². The van der Waals surface area contributed by atoms with Gasteiger partial charge in [-0.25, -0.2) is 5.43 Å². The maximum absolute atomic E-state index is 12.5. The monoisotopic (exact) mass is 484 g/mol. The third kappa shape index (κ3) is 5.93. The van der Waals surface area contributed by atoms with Gasteiger partial charge >= 0.3 is 0 Å². The van der Waals surface area contributed by atoms with Crippen LogP contribution in [0.15, 0.2) is 84.0 Å². The molecule has 0 aliphatic carbocycles. The summed E-state index contributed by atoms with van der Waals surface area (Å²) in [6.07, 6.45) is 1.55. The molecule has 0 aliphatic heterocycles. The molecule has 0 heterocycles. The van der Waals surface area contributed by atoms with E-state index in [9.17, 15) is 4.79 Å². The van der Waals surface area contributed by atoms with Crippen LogP contribution in [0, 0.1) is 0 Å². The molecule has 0 atom stereocenters. The summed E-state index contributed by atoms with van der Waals surface area (Å²) in [6.45, 7) is 2.81. The van der Waals surface area contributed by atoms with Crippen LogP contribution in [0.3, 0.4) is 0 Å². The van der Waals surface area contributed by atoms with E-state index >= 15 is 0 Å². The molecule has 4 rings (SSSR count). The molecule has 4 aromatic carbocycles. The largest absolute Gasteiger partial charge is 0.497 e. The van der Waals surface area contributed by atoms with E-state index in [1.54, 1.807) is 24.4 Å². The van der Waals surface area contributed by atoms with E-state index in [0.29, 0.717) is 41.8 Å². The molecular weight excluding hydrogens is 456 g/mol. The Morgan fingerprint density at radius 1 is 0.861 bits per heavy atom. The number of methoxy groups -OCH3 is 2. The van der Waals surface area contributed by atoms with E-state index in [0.717, 1.165) is 16.5 Å². The zero-order valence-electron chi connectivity index (χ0n) is 20.5. The van der Waals surface area contributed by atoms with Gasteiger partial charge in [0.1, 0.15) is 18.1 Å². The van der Waals surface area contributed by atoms with Gasteiger partial charge in [0.05, 0.1) is 27.0 Å². The predicted octanol–water partition coefficient (Wildman–Crippen LogP) is 5.60. The fourth-order valence-electron chi connectivity index (χ4n) is 3.73. The number of amides is 1. The second kappa shape index (κ2) is 11.8. The van der Waals surface area contributed by atoms with Gasteiger partial charge in [0.25, 0.3) is 5.91 Å². The summed E-state index contributed by atoms with van der Waals surface area (Å²) in [5, 5.41) is 6.41. The number of carbonyl (C=O) groups excluding carboxylic acids is 1. The number of fused-ring (bicyclic) bond motifs is 1. The zero-order valence-corrected chi connectivity index (χ0v) is 20.5. The molecule has 0 aliphatic rings. The highest BCUT2D eigenvalue weighted by Gasteiger charge is 2.10. The van der Waals surface area contributed by atoms with Gasteiger partial charge in [0, 0.05) is 11.6 Å². The van der Waals surface area contributed by atoms with Gasteiger partial charge in [-0.05, 0) is 59.2 Å². The summed E-state index contributed by atoms with van der Waals surface area (Å²) in [5.41, 5.74) is 4.74. The zero-order chi connectivity index (χ0) is 25.3. The van der Waals surface area contributed by atoms with Crippen molar-refractivity contribution in [2.45, 2.75) is 13.5 Å². The van der Waals surface area contributed by atoms with Gasteiger partial charge < -0.3 is 18.9 Å². The molecular formula is C29H28N2O5. The Bertz CT molecular complexity index is 1360. The highest BCUT2D eigenvalue weighted by molar-refractivity contribution is 5.95. The molecule has 184 valence electrons. The predicted molar refractivity (Wildman–Crippen MR) is 140 cm³/mol. The molecule has 36 heavy (non-hydrogen) atoms. The summed E-state index contributed by atoms with van der Waals surface area (Å²) in [5.74, 6) is 1.89. The standard InChI is InChI=1S/C29H28N2O5/c1-4-35-28-14-20(18-30-31-29(32)23-15-24(33-2)17-25(16-23)34-3)12-13-27(28)36-19-22-10-7-9-21-8-5-6-11-26(21)22/h5-18H,4,19H2,1-3H3,(H,31,32). The number of hydrogen-bond acceptors (Lipinski definition) is 6. The number of hydrazone groups is 1. The van der Waals surface area contributed by atoms with Crippen molar-refractivity contribution < 1.29 is 23.7 Å². The summed E-state index contributed by atoms with van der Waals surface area (Å²) in [7, 11) is 3.06. The quantitative estimate of drug-likeness (QED) is 0.234. The lowest BCUT2D eigenvalue weighted by Crippen LogP contribution is -2.17. The van der Waals surface area contributed by atoms with E-state index in [1.165, 1.54) is 19.6 Å². The Balaban J connectivity index is 1.45. The molecule has 1 N–H and O–H groups in total. The first-order chi connectivity index (χ1) is 17.6. The number of benzene rings is 4. The average molecular weight is 485 g/mol. The van der Waals surface area contributed by atoms with Crippen LogP contribution in [-0.4, -0.2) is 32.9 Å². The Morgan fingerprint density at radius 2 is 1.61 bits per heavy atom. The van der Waals surface area contributed by atoms with Crippen molar-refractivity contribution in [3.63, 3.8) is 0 Å². The molecule has 0 radical (unpaired) electrons. The van der Waals surface area contributed by atoms with Crippen molar-refractivity contribution in [2.75, 3.05) is 20.8 Å². The molecule has 4 aromatic rings. The van der Waals surface area contributed by atoms with Crippen molar-refractivity contribution >= 4 is 22.9 Å². The van der Waals surface area contributed by atoms with Crippen molar-refractivity contribution in [3.05, 3.63) is 95.6 Å². The smallest absolute Gasteiger partial charge is 0.271 e. The molecule has 7 nitrogen and oxygen atoms in total. The molecule has 1 amide bonds. The van der Waals surface area contributed by atoms with Crippen LogP contribution >= 0.6 is 0 Å². The number of nitrogens with zero attached hydrogens (tertiary/aromatic N) is 1. The number of nitrogens with one attached hydrogen (secondary N) is 1. The van der Waals surface area contributed by atoms with Crippen LogP contribution in [0.5, 0.6) is 23.0 Å². The third-order valence-corrected chi connectivity index (χ3v) is 5.52. The van der Waals surface area contributed by atoms with E-state index in [-0.39, 0.29) is 5.91 Å². The Hall–Kier alpha value is -4.52. The summed E-state index contributed by atoms with van der Waals surface area (Å²) < 4.78 is 22.3. The van der Waals surface area contributed by atoms with E-state index in [2.05, 4.69) is 34.8 Å². The molecule has 0 spiro atoms. The van der Waals surface area contributed by atoms with Crippen LogP contribution in [-0.2, 0) is 6.61 Å². The molecule has 0 saturated carbocycles. The first-order valence-corrected chi connectivity index (χ1v) is 11.5. The lowest BCUT2D eigenvalue weighted by molar-refractivity contribution is 0.0954. The molecule has 7 heteroatoms. The maximum Gasteiger partial charge on any atom is 0.271 e. The van der Waals surface area contributed by atoms with Gasteiger partial charge in [-0.3, -0.25) is 4.79 Å². The average Bonchev–Trinajstić information content (AvgIpc) is 2.92. The fraction of sp³-hybridized carbons (Fsp3) is 0.172. The van der Waals surface area contributed by atoms with Gasteiger partial charge in [0.15, 0.2) is 11.5 Å². The van der Waals surface area contributed by atoms with Crippen LogP contribution in [0.4, 0.5) is 0 Å². The van der Waals surface area contributed by atoms with E-state index < -0.39 is 0 Å². The normalized spacial score (nSPS) is 10.9. The second-order valence-corrected chi connectivity index (χ2v) is 7.87. The summed E-state index contributed by atoms with van der Waals surface area (Å²) >= 11 is 0. The van der Waals surface area contributed by atoms with Crippen LogP contribution < -0.4 is 24.4 Å². The van der Waals surface area contributed by atoms with Crippen LogP contribution in [0.25, 0.3) is 10.8 Å². The van der Waals surface area contributed by atoms with E-state index in [4.69, 9.17) is 18.9 Å². The topological polar surface area (TPSA) is 78.4 Å². The number of ether oxygens (including phenoxy) is 4. The van der Waals surface area contributed by atoms with Gasteiger partial charge in [-0.1, -0.05) is 42.5 Å². The minimum Gasteiger partial charge on any atom is -0.497 e. The minimum atomic E-state index is -0.386. The Kier molecular flexibility index (Phi) is 8.03. The number of carbonyl (C=O) groups is 1.